The van der Waals surface area contributed by atoms with Gasteiger partial charge < -0.3 is 25.5 Å². The van der Waals surface area contributed by atoms with E-state index in [2.05, 4.69) is 10.6 Å². The van der Waals surface area contributed by atoms with E-state index < -0.39 is 6.03 Å². The molecule has 7 heteroatoms. The molecule has 1 aliphatic rings. The molecule has 0 aliphatic heterocycles. The maximum absolute atomic E-state index is 12.1. The number of urea groups is 1. The van der Waals surface area contributed by atoms with E-state index in [1.54, 1.807) is 12.1 Å². The molecule has 0 bridgehead atoms. The van der Waals surface area contributed by atoms with Crippen molar-refractivity contribution in [1.82, 2.24) is 5.32 Å². The number of amides is 3. The van der Waals surface area contributed by atoms with Gasteiger partial charge in [0.1, 0.15) is 17.1 Å². The van der Waals surface area contributed by atoms with E-state index in [0.29, 0.717) is 18.0 Å². The van der Waals surface area contributed by atoms with Gasteiger partial charge in [0.25, 0.3) is 5.91 Å². The van der Waals surface area contributed by atoms with Crippen LogP contribution in [0.4, 0.5) is 10.5 Å². The number of primary amides is 1. The first-order valence-corrected chi connectivity index (χ1v) is 9.68. The highest BCUT2D eigenvalue weighted by molar-refractivity contribution is 5.87. The maximum Gasteiger partial charge on any atom is 0.316 e. The lowest BCUT2D eigenvalue weighted by molar-refractivity contribution is -0.123. The first kappa shape index (κ1) is 18.9. The lowest BCUT2D eigenvalue weighted by Gasteiger charge is -2.10. The van der Waals surface area contributed by atoms with Gasteiger partial charge in [-0.25, -0.2) is 4.79 Å². The highest BCUT2D eigenvalue weighted by atomic mass is 16.5. The van der Waals surface area contributed by atoms with E-state index in [4.69, 9.17) is 14.9 Å². The number of ether oxygens (including phenoxy) is 1. The van der Waals surface area contributed by atoms with Gasteiger partial charge in [-0.05, 0) is 55.2 Å². The van der Waals surface area contributed by atoms with Crippen LogP contribution in [0.25, 0.3) is 11.0 Å². The van der Waals surface area contributed by atoms with Gasteiger partial charge in [0, 0.05) is 29.6 Å². The maximum atomic E-state index is 12.1. The van der Waals surface area contributed by atoms with Gasteiger partial charge in [-0.15, -0.1) is 0 Å². The Morgan fingerprint density at radius 2 is 1.86 bits per heavy atom. The Hall–Kier alpha value is -3.48. The minimum atomic E-state index is -0.614. The van der Waals surface area contributed by atoms with Crippen LogP contribution in [0.15, 0.2) is 46.9 Å². The molecule has 0 saturated carbocycles. The summed E-state index contributed by atoms with van der Waals surface area (Å²) in [5.74, 6) is 1.53. The molecule has 0 unspecified atom stereocenters. The number of hydrogen-bond donors (Lipinski definition) is 3. The molecule has 4 N–H and O–H groups in total. The summed E-state index contributed by atoms with van der Waals surface area (Å²) in [6.45, 7) is 0.306. The Balaban J connectivity index is 1.31. The second-order valence-electron chi connectivity index (χ2n) is 7.12. The minimum absolute atomic E-state index is 0.0626. The zero-order valence-electron chi connectivity index (χ0n) is 16.0. The van der Waals surface area contributed by atoms with Crippen molar-refractivity contribution >= 4 is 28.6 Å². The molecular weight excluding hydrogens is 370 g/mol. The number of nitrogens with one attached hydrogen (secondary N) is 2. The highest BCUT2D eigenvalue weighted by Gasteiger charge is 2.18. The number of fused-ring (bicyclic) bond motifs is 3. The molecule has 1 heterocycles. The van der Waals surface area contributed by atoms with E-state index in [1.165, 1.54) is 18.4 Å². The topological polar surface area (TPSA) is 107 Å². The van der Waals surface area contributed by atoms with E-state index >= 15 is 0 Å². The lowest BCUT2D eigenvalue weighted by atomic mass is 9.96. The Morgan fingerprint density at radius 3 is 2.66 bits per heavy atom. The molecule has 2 aromatic carbocycles. The molecule has 29 heavy (non-hydrogen) atoms. The van der Waals surface area contributed by atoms with Gasteiger partial charge in [-0.3, -0.25) is 4.79 Å². The zero-order chi connectivity index (χ0) is 20.2. The normalized spacial score (nSPS) is 13.0. The van der Waals surface area contributed by atoms with Gasteiger partial charge in [0.15, 0.2) is 6.61 Å². The van der Waals surface area contributed by atoms with Gasteiger partial charge >= 0.3 is 6.03 Å². The molecule has 0 radical (unpaired) electrons. The summed E-state index contributed by atoms with van der Waals surface area (Å²) >= 11 is 0. The summed E-state index contributed by atoms with van der Waals surface area (Å²) in [6, 6.07) is 12.1. The number of carbonyl (C=O) groups is 2. The lowest BCUT2D eigenvalue weighted by Crippen LogP contribution is -2.28. The highest BCUT2D eigenvalue weighted by Crippen LogP contribution is 2.33. The largest absolute Gasteiger partial charge is 0.484 e. The van der Waals surface area contributed by atoms with Crippen molar-refractivity contribution in [3.8, 4) is 5.75 Å². The van der Waals surface area contributed by atoms with Crippen LogP contribution in [-0.2, 0) is 24.2 Å². The standard InChI is InChI=1S/C22H23N3O4/c23-22(27)25-15-7-5-14(6-8-15)12-24-21(26)13-28-16-9-10-20-18(11-16)17-3-1-2-4-19(17)29-20/h5-11H,1-4,12-13H2,(H,24,26)(H3,23,25,27). The van der Waals surface area contributed by atoms with Crippen LogP contribution in [0.1, 0.15) is 29.7 Å². The van der Waals surface area contributed by atoms with Crippen LogP contribution in [0, 0.1) is 0 Å². The van der Waals surface area contributed by atoms with Crippen LogP contribution in [0.5, 0.6) is 5.75 Å². The molecule has 0 fully saturated rings. The van der Waals surface area contributed by atoms with E-state index in [0.717, 1.165) is 35.1 Å². The van der Waals surface area contributed by atoms with Crippen molar-refractivity contribution in [2.75, 3.05) is 11.9 Å². The van der Waals surface area contributed by atoms with Crippen molar-refractivity contribution in [2.45, 2.75) is 32.2 Å². The minimum Gasteiger partial charge on any atom is -0.484 e. The fourth-order valence-electron chi connectivity index (χ4n) is 3.58. The van der Waals surface area contributed by atoms with Gasteiger partial charge in [-0.2, -0.15) is 0 Å². The fraction of sp³-hybridized carbons (Fsp3) is 0.273. The van der Waals surface area contributed by atoms with E-state index in [-0.39, 0.29) is 12.5 Å². The fourth-order valence-corrected chi connectivity index (χ4v) is 3.58. The summed E-state index contributed by atoms with van der Waals surface area (Å²) in [6.07, 6.45) is 4.36. The Bertz CT molecular complexity index is 1040. The van der Waals surface area contributed by atoms with E-state index in [1.807, 2.05) is 30.3 Å². The summed E-state index contributed by atoms with van der Waals surface area (Å²) in [4.78, 5) is 22.9. The van der Waals surface area contributed by atoms with Crippen LogP contribution in [0.3, 0.4) is 0 Å². The second-order valence-corrected chi connectivity index (χ2v) is 7.12. The van der Waals surface area contributed by atoms with Crippen LogP contribution in [-0.4, -0.2) is 18.5 Å². The van der Waals surface area contributed by atoms with Crippen molar-refractivity contribution in [2.24, 2.45) is 5.73 Å². The van der Waals surface area contributed by atoms with Crippen LogP contribution < -0.4 is 21.1 Å². The van der Waals surface area contributed by atoms with Crippen molar-refractivity contribution in [3.05, 3.63) is 59.4 Å². The number of hydrogen-bond acceptors (Lipinski definition) is 4. The van der Waals surface area contributed by atoms with Crippen LogP contribution in [0.2, 0.25) is 0 Å². The molecule has 0 spiro atoms. The molecule has 4 rings (SSSR count). The smallest absolute Gasteiger partial charge is 0.316 e. The summed E-state index contributed by atoms with van der Waals surface area (Å²) in [5, 5.41) is 6.39. The van der Waals surface area contributed by atoms with E-state index in [9.17, 15) is 9.59 Å². The summed E-state index contributed by atoms with van der Waals surface area (Å²) < 4.78 is 11.6. The molecule has 150 valence electrons. The second kappa shape index (κ2) is 8.26. The van der Waals surface area contributed by atoms with Crippen molar-refractivity contribution in [1.29, 1.82) is 0 Å². The predicted molar refractivity (Wildman–Crippen MR) is 110 cm³/mol. The number of aryl methyl sites for hydroxylation is 2. The van der Waals surface area contributed by atoms with Crippen molar-refractivity contribution < 1.29 is 18.7 Å². The monoisotopic (exact) mass is 393 g/mol. The number of rotatable bonds is 6. The molecule has 3 aromatic rings. The zero-order valence-corrected chi connectivity index (χ0v) is 16.0. The van der Waals surface area contributed by atoms with Gasteiger partial charge in [0.2, 0.25) is 0 Å². The average Bonchev–Trinajstić information content (AvgIpc) is 3.09. The average molecular weight is 393 g/mol. The molecule has 7 nitrogen and oxygen atoms in total. The summed E-state index contributed by atoms with van der Waals surface area (Å²) in [7, 11) is 0. The Morgan fingerprint density at radius 1 is 1.07 bits per heavy atom. The Kier molecular flexibility index (Phi) is 5.37. The van der Waals surface area contributed by atoms with Gasteiger partial charge in [0.05, 0.1) is 0 Å². The number of benzene rings is 2. The Labute approximate surface area is 168 Å². The third kappa shape index (κ3) is 4.51. The third-order valence-electron chi connectivity index (χ3n) is 5.01. The molecule has 1 aliphatic carbocycles. The number of nitrogens with two attached hydrogens (primary N) is 1. The number of anilines is 1. The first-order valence-electron chi connectivity index (χ1n) is 9.68. The number of furan rings is 1. The van der Waals surface area contributed by atoms with Crippen LogP contribution >= 0.6 is 0 Å². The molecular formula is C22H23N3O4. The quantitative estimate of drug-likeness (QED) is 0.596. The van der Waals surface area contributed by atoms with Crippen molar-refractivity contribution in [3.63, 3.8) is 0 Å². The third-order valence-corrected chi connectivity index (χ3v) is 5.01. The first-order chi connectivity index (χ1) is 14.1. The SMILES string of the molecule is NC(=O)Nc1ccc(CNC(=O)COc2ccc3oc4c(c3c2)CCCC4)cc1. The summed E-state index contributed by atoms with van der Waals surface area (Å²) in [5.41, 5.74) is 8.73. The molecule has 0 saturated heterocycles. The molecule has 3 amide bonds. The molecule has 1 aromatic heterocycles. The predicted octanol–water partition coefficient (Wildman–Crippen LogP) is 3.50. The number of carbonyl (C=O) groups excluding carboxylic acids is 2. The van der Waals surface area contributed by atoms with Gasteiger partial charge in [-0.1, -0.05) is 12.1 Å². The molecule has 0 atom stereocenters.